The number of quaternary nitrogens is 2. The van der Waals surface area contributed by atoms with Crippen molar-refractivity contribution in [2.45, 2.75) is 13.1 Å². The molecule has 0 saturated carbocycles. The van der Waals surface area contributed by atoms with Gasteiger partial charge in [-0.05, 0) is 12.1 Å². The lowest BCUT2D eigenvalue weighted by Gasteiger charge is -2.29. The first-order valence-corrected chi connectivity index (χ1v) is 9.46. The number of nitrogens with one attached hydrogen (secondary N) is 2. The molecule has 1 saturated heterocycles. The lowest BCUT2D eigenvalue weighted by atomic mass is 10.1. The molecule has 2 N–H and O–H groups in total. The van der Waals surface area contributed by atoms with E-state index < -0.39 is 0 Å². The lowest BCUT2D eigenvalue weighted by Crippen LogP contribution is -3.27. The van der Waals surface area contributed by atoms with Gasteiger partial charge in [0.2, 0.25) is 0 Å². The van der Waals surface area contributed by atoms with E-state index in [2.05, 4.69) is 23.2 Å². The summed E-state index contributed by atoms with van der Waals surface area (Å²) in [5.41, 5.74) is 3.10. The van der Waals surface area contributed by atoms with Crippen LogP contribution in [0.25, 0.3) is 11.3 Å². The molecule has 1 aliphatic rings. The third kappa shape index (κ3) is 4.43. The van der Waals surface area contributed by atoms with Gasteiger partial charge in [-0.1, -0.05) is 42.5 Å². The number of hydrogen-bond donors (Lipinski definition) is 2. The monoisotopic (exact) mass is 360 g/mol. The first kappa shape index (κ1) is 17.5. The highest BCUT2D eigenvalue weighted by molar-refractivity contribution is 5.55. The van der Waals surface area contributed by atoms with Gasteiger partial charge in [-0.3, -0.25) is 0 Å². The fourth-order valence-corrected chi connectivity index (χ4v) is 3.64. The predicted octanol–water partition coefficient (Wildman–Crippen LogP) is 0.697. The van der Waals surface area contributed by atoms with Crippen LogP contribution >= 0.6 is 0 Å². The van der Waals surface area contributed by atoms with E-state index in [1.807, 2.05) is 48.7 Å². The van der Waals surface area contributed by atoms with Gasteiger partial charge >= 0.3 is 0 Å². The Labute approximate surface area is 159 Å². The Morgan fingerprint density at radius 3 is 2.22 bits per heavy atom. The number of nitriles is 1. The van der Waals surface area contributed by atoms with Crippen LogP contribution in [-0.2, 0) is 13.1 Å². The van der Waals surface area contributed by atoms with Gasteiger partial charge in [0.1, 0.15) is 32.7 Å². The van der Waals surface area contributed by atoms with Crippen LogP contribution in [0.15, 0.2) is 65.2 Å². The van der Waals surface area contributed by atoms with E-state index in [1.165, 1.54) is 10.5 Å². The minimum atomic E-state index is 0.726. The minimum Gasteiger partial charge on any atom is -0.435 e. The quantitative estimate of drug-likeness (QED) is 0.704. The first-order valence-electron chi connectivity index (χ1n) is 9.46. The zero-order chi connectivity index (χ0) is 18.5. The molecule has 3 aromatic rings. The second kappa shape index (κ2) is 8.17. The van der Waals surface area contributed by atoms with Crippen LogP contribution in [-0.4, -0.2) is 31.2 Å². The third-order valence-corrected chi connectivity index (χ3v) is 5.21. The van der Waals surface area contributed by atoms with Crippen LogP contribution in [0.2, 0.25) is 0 Å². The number of hydrogen-bond acceptors (Lipinski definition) is 3. The summed E-state index contributed by atoms with van der Waals surface area (Å²) >= 11 is 0. The first-order chi connectivity index (χ1) is 13.3. The van der Waals surface area contributed by atoms with Crippen molar-refractivity contribution in [3.05, 3.63) is 77.8 Å². The van der Waals surface area contributed by atoms with Crippen LogP contribution in [0.1, 0.15) is 17.0 Å². The summed E-state index contributed by atoms with van der Waals surface area (Å²) in [6.07, 6.45) is 1.83. The Morgan fingerprint density at radius 1 is 0.889 bits per heavy atom. The van der Waals surface area contributed by atoms with Crippen LogP contribution in [0, 0.1) is 11.3 Å². The molecule has 1 fully saturated rings. The molecule has 0 aliphatic carbocycles. The average Bonchev–Trinajstić information content (AvgIpc) is 3.19. The Hall–Kier alpha value is -2.94. The van der Waals surface area contributed by atoms with Crippen molar-refractivity contribution < 1.29 is 14.2 Å². The van der Waals surface area contributed by atoms with E-state index in [0.29, 0.717) is 0 Å². The maximum atomic E-state index is 8.90. The highest BCUT2D eigenvalue weighted by Gasteiger charge is 2.24. The normalized spacial score (nSPS) is 19.5. The topological polar surface area (TPSA) is 58.7 Å². The Bertz CT molecular complexity index is 903. The molecular weight excluding hydrogens is 336 g/mol. The van der Waals surface area contributed by atoms with E-state index >= 15 is 0 Å². The molecule has 5 nitrogen and oxygen atoms in total. The summed E-state index contributed by atoms with van der Waals surface area (Å²) < 4.78 is 5.95. The Kier molecular flexibility index (Phi) is 5.29. The maximum Gasteiger partial charge on any atom is 0.250 e. The third-order valence-electron chi connectivity index (χ3n) is 5.21. The molecule has 0 unspecified atom stereocenters. The van der Waals surface area contributed by atoms with Gasteiger partial charge < -0.3 is 14.2 Å². The summed E-state index contributed by atoms with van der Waals surface area (Å²) in [5, 5.41) is 8.90. The molecular formula is C22H24N4O+2. The highest BCUT2D eigenvalue weighted by Crippen LogP contribution is 2.19. The number of rotatable bonds is 5. The van der Waals surface area contributed by atoms with Gasteiger partial charge in [-0.2, -0.15) is 5.26 Å². The van der Waals surface area contributed by atoms with Gasteiger partial charge in [0.05, 0.1) is 17.8 Å². The second-order valence-electron chi connectivity index (χ2n) is 7.15. The summed E-state index contributed by atoms with van der Waals surface area (Å²) in [6, 6.07) is 20.2. The van der Waals surface area contributed by atoms with Gasteiger partial charge in [-0.15, -0.1) is 0 Å². The number of piperazine rings is 1. The molecule has 1 aromatic heterocycles. The zero-order valence-electron chi connectivity index (χ0n) is 15.3. The van der Waals surface area contributed by atoms with Crippen LogP contribution < -0.4 is 9.80 Å². The molecule has 0 bridgehead atoms. The molecule has 0 spiro atoms. The smallest absolute Gasteiger partial charge is 0.250 e. The number of oxazole rings is 1. The van der Waals surface area contributed by atoms with Crippen molar-refractivity contribution in [3.8, 4) is 17.4 Å². The molecule has 1 aliphatic heterocycles. The summed E-state index contributed by atoms with van der Waals surface area (Å²) in [7, 11) is 0. The SMILES string of the molecule is N#Cc1ccc(C[NH+]2CC[NH+](Cc3ncc(-c4ccccc4)o3)CC2)cc1. The molecule has 5 heteroatoms. The average molecular weight is 360 g/mol. The van der Waals surface area contributed by atoms with E-state index in [4.69, 9.17) is 9.68 Å². The van der Waals surface area contributed by atoms with Gasteiger partial charge in [-0.25, -0.2) is 4.98 Å². The summed E-state index contributed by atoms with van der Waals surface area (Å²) in [5.74, 6) is 1.66. The van der Waals surface area contributed by atoms with Crippen LogP contribution in [0.4, 0.5) is 0 Å². The van der Waals surface area contributed by atoms with Crippen LogP contribution in [0.5, 0.6) is 0 Å². The molecule has 0 radical (unpaired) electrons. The van der Waals surface area contributed by atoms with Crippen molar-refractivity contribution in [2.24, 2.45) is 0 Å². The molecule has 136 valence electrons. The number of aromatic nitrogens is 1. The molecule has 27 heavy (non-hydrogen) atoms. The summed E-state index contributed by atoms with van der Waals surface area (Å²) in [4.78, 5) is 7.59. The van der Waals surface area contributed by atoms with E-state index in [0.717, 1.165) is 62.0 Å². The van der Waals surface area contributed by atoms with Crippen molar-refractivity contribution >= 4 is 0 Å². The van der Waals surface area contributed by atoms with E-state index in [1.54, 1.807) is 4.90 Å². The van der Waals surface area contributed by atoms with Crippen molar-refractivity contribution in [2.75, 3.05) is 26.2 Å². The predicted molar refractivity (Wildman–Crippen MR) is 102 cm³/mol. The molecule has 0 atom stereocenters. The maximum absolute atomic E-state index is 8.90. The highest BCUT2D eigenvalue weighted by atomic mass is 16.4. The molecule has 2 aromatic carbocycles. The minimum absolute atomic E-state index is 0.726. The lowest BCUT2D eigenvalue weighted by molar-refractivity contribution is -1.02. The fraction of sp³-hybridized carbons (Fsp3) is 0.273. The van der Waals surface area contributed by atoms with Gasteiger partial charge in [0.15, 0.2) is 12.3 Å². The number of benzene rings is 2. The van der Waals surface area contributed by atoms with Crippen molar-refractivity contribution in [1.82, 2.24) is 4.98 Å². The van der Waals surface area contributed by atoms with Crippen molar-refractivity contribution in [1.29, 1.82) is 5.26 Å². The molecule has 2 heterocycles. The van der Waals surface area contributed by atoms with Gasteiger partial charge in [0.25, 0.3) is 5.89 Å². The van der Waals surface area contributed by atoms with E-state index in [-0.39, 0.29) is 0 Å². The molecule has 4 rings (SSSR count). The van der Waals surface area contributed by atoms with E-state index in [9.17, 15) is 0 Å². The molecule has 0 amide bonds. The Balaban J connectivity index is 1.28. The Morgan fingerprint density at radius 2 is 1.56 bits per heavy atom. The number of nitrogens with zero attached hydrogens (tertiary/aromatic N) is 2. The largest absolute Gasteiger partial charge is 0.435 e. The summed E-state index contributed by atoms with van der Waals surface area (Å²) in [6.45, 7) is 6.39. The standard InChI is InChI=1S/C22H22N4O/c23-14-18-6-8-19(9-7-18)16-25-10-12-26(13-11-25)17-22-24-15-21(27-22)20-4-2-1-3-5-20/h1-9,15H,10-13,16-17H2/p+2. The van der Waals surface area contributed by atoms with Gasteiger partial charge in [0, 0.05) is 11.1 Å². The second-order valence-corrected chi connectivity index (χ2v) is 7.15. The van der Waals surface area contributed by atoms with Crippen LogP contribution in [0.3, 0.4) is 0 Å². The zero-order valence-corrected chi connectivity index (χ0v) is 15.3. The van der Waals surface area contributed by atoms with Crippen molar-refractivity contribution in [3.63, 3.8) is 0 Å². The fourth-order valence-electron chi connectivity index (χ4n) is 3.64.